The Labute approximate surface area is 342 Å². The number of aromatic nitrogens is 3. The summed E-state index contributed by atoms with van der Waals surface area (Å²) in [6.45, 7) is 0.607. The van der Waals surface area contributed by atoms with Crippen LogP contribution in [0.25, 0.3) is 82.7 Å². The maximum absolute atomic E-state index is 5.14. The number of rotatable bonds is 4. The third kappa shape index (κ3) is 5.65. The van der Waals surface area contributed by atoms with E-state index in [2.05, 4.69) is 233 Å². The lowest BCUT2D eigenvalue weighted by Gasteiger charge is -2.23. The second-order valence-electron chi connectivity index (χ2n) is 15.3. The van der Waals surface area contributed by atoms with Gasteiger partial charge in [0.25, 0.3) is 0 Å². The number of hydrogen-bond acceptors (Lipinski definition) is 2. The van der Waals surface area contributed by atoms with Crippen LogP contribution >= 0.6 is 0 Å². The normalized spacial score (nSPS) is 12.6. The lowest BCUT2D eigenvalue weighted by Crippen LogP contribution is -2.40. The van der Waals surface area contributed by atoms with Crippen molar-refractivity contribution in [2.24, 2.45) is 12.0 Å². The van der Waals surface area contributed by atoms with Crippen LogP contribution < -0.4 is 10.7 Å². The Kier molecular flexibility index (Phi) is 8.26. The van der Waals surface area contributed by atoms with Crippen LogP contribution in [-0.4, -0.2) is 32.3 Å². The van der Waals surface area contributed by atoms with Gasteiger partial charge in [0.1, 0.15) is 12.2 Å². The van der Waals surface area contributed by atoms with Crippen molar-refractivity contribution in [3.63, 3.8) is 0 Å². The van der Waals surface area contributed by atoms with Gasteiger partial charge in [-0.05, 0) is 83.4 Å². The monoisotopic (exact) mass is 759 g/mol. The van der Waals surface area contributed by atoms with Crippen molar-refractivity contribution < 1.29 is 0 Å². The Bertz CT molecular complexity index is 3430. The second kappa shape index (κ2) is 14.1. The maximum Gasteiger partial charge on any atom is 0.144 e. The highest BCUT2D eigenvalue weighted by molar-refractivity contribution is 6.11. The molecule has 282 valence electrons. The number of para-hydroxylation sites is 5. The van der Waals surface area contributed by atoms with Crippen molar-refractivity contribution in [3.05, 3.63) is 216 Å². The minimum atomic E-state index is 0.607. The topological polar surface area (TPSA) is 30.4 Å². The summed E-state index contributed by atoms with van der Waals surface area (Å²) in [5.41, 5.74) is 14.3. The molecule has 59 heavy (non-hydrogen) atoms. The highest BCUT2D eigenvalue weighted by Gasteiger charge is 2.21. The zero-order valence-corrected chi connectivity index (χ0v) is 33.0. The SMILES string of the molecule is CN1CN=c2c(c3cc(-c4ccc5c(c4)c4ccccc4n5-c4ccccc4)ccc3n2-c2ccccc2)=C1c1ccccc1.Cn1c2ccccc2c2ccccc21. The predicted octanol–water partition coefficient (Wildman–Crippen LogP) is 11.4. The van der Waals surface area contributed by atoms with Crippen molar-refractivity contribution in [2.75, 3.05) is 13.7 Å². The van der Waals surface area contributed by atoms with E-state index in [9.17, 15) is 0 Å². The summed E-state index contributed by atoms with van der Waals surface area (Å²) in [5.74, 6) is 0. The molecule has 5 nitrogen and oxygen atoms in total. The number of aryl methyl sites for hydroxylation is 1. The van der Waals surface area contributed by atoms with Gasteiger partial charge in [-0.25, -0.2) is 4.99 Å². The first-order valence-electron chi connectivity index (χ1n) is 20.2. The molecule has 0 fully saturated rings. The molecule has 0 unspecified atom stereocenters. The summed E-state index contributed by atoms with van der Waals surface area (Å²) in [6, 6.07) is 71.5. The molecule has 1 aliphatic heterocycles. The minimum absolute atomic E-state index is 0.607. The molecule has 0 N–H and O–H groups in total. The van der Waals surface area contributed by atoms with E-state index in [1.54, 1.807) is 0 Å². The smallest absolute Gasteiger partial charge is 0.144 e. The van der Waals surface area contributed by atoms with Crippen molar-refractivity contribution in [3.8, 4) is 22.5 Å². The van der Waals surface area contributed by atoms with Gasteiger partial charge in [0.15, 0.2) is 0 Å². The van der Waals surface area contributed by atoms with Crippen LogP contribution in [0.1, 0.15) is 5.56 Å². The van der Waals surface area contributed by atoms with Gasteiger partial charge in [0.05, 0.1) is 27.5 Å². The van der Waals surface area contributed by atoms with E-state index in [1.807, 2.05) is 0 Å². The average Bonchev–Trinajstić information content (AvgIpc) is 3.92. The van der Waals surface area contributed by atoms with Gasteiger partial charge >= 0.3 is 0 Å². The molecular weight excluding hydrogens is 719 g/mol. The average molecular weight is 760 g/mol. The first kappa shape index (κ1) is 34.6. The summed E-state index contributed by atoms with van der Waals surface area (Å²) >= 11 is 0. The summed E-state index contributed by atoms with van der Waals surface area (Å²) in [7, 11) is 4.26. The van der Waals surface area contributed by atoms with Crippen LogP contribution in [0.5, 0.6) is 0 Å². The van der Waals surface area contributed by atoms with Crippen molar-refractivity contribution >= 4 is 60.2 Å². The van der Waals surface area contributed by atoms with Gasteiger partial charge < -0.3 is 14.0 Å². The van der Waals surface area contributed by atoms with Gasteiger partial charge in [-0.2, -0.15) is 0 Å². The molecule has 8 aromatic carbocycles. The summed E-state index contributed by atoms with van der Waals surface area (Å²) in [6.07, 6.45) is 0. The van der Waals surface area contributed by atoms with Crippen LogP contribution in [-0.2, 0) is 7.05 Å². The fourth-order valence-corrected chi connectivity index (χ4v) is 9.20. The van der Waals surface area contributed by atoms with Crippen molar-refractivity contribution in [2.45, 2.75) is 0 Å². The lowest BCUT2D eigenvalue weighted by molar-refractivity contribution is 0.475. The number of benzene rings is 8. The quantitative estimate of drug-likeness (QED) is 0.176. The zero-order chi connectivity index (χ0) is 39.5. The molecule has 0 radical (unpaired) electrons. The van der Waals surface area contributed by atoms with Crippen molar-refractivity contribution in [1.29, 1.82) is 0 Å². The van der Waals surface area contributed by atoms with Gasteiger partial charge in [0, 0.05) is 63.4 Å². The molecule has 11 aromatic rings. The van der Waals surface area contributed by atoms with E-state index in [-0.39, 0.29) is 0 Å². The predicted molar refractivity (Wildman–Crippen MR) is 246 cm³/mol. The summed E-state index contributed by atoms with van der Waals surface area (Å²) < 4.78 is 6.93. The van der Waals surface area contributed by atoms with E-state index in [1.165, 1.54) is 82.3 Å². The van der Waals surface area contributed by atoms with E-state index < -0.39 is 0 Å². The fraction of sp³-hybridized carbons (Fsp3) is 0.0556. The van der Waals surface area contributed by atoms with Crippen LogP contribution in [0.2, 0.25) is 0 Å². The van der Waals surface area contributed by atoms with Gasteiger partial charge in [0.2, 0.25) is 0 Å². The van der Waals surface area contributed by atoms with Crippen LogP contribution in [0, 0.1) is 0 Å². The molecule has 0 saturated carbocycles. The van der Waals surface area contributed by atoms with Gasteiger partial charge in [-0.1, -0.05) is 133 Å². The highest BCUT2D eigenvalue weighted by Crippen LogP contribution is 2.36. The van der Waals surface area contributed by atoms with E-state index in [4.69, 9.17) is 4.99 Å². The molecule has 0 atom stereocenters. The van der Waals surface area contributed by atoms with Crippen LogP contribution in [0.15, 0.2) is 205 Å². The van der Waals surface area contributed by atoms with E-state index in [0.29, 0.717) is 6.67 Å². The van der Waals surface area contributed by atoms with E-state index >= 15 is 0 Å². The standard InChI is InChI=1S/C41H30N4.C13H11N/c1-43-27-42-41-39(40(43)28-13-5-2-6-14-28)35-26-30(22-24-38(35)45(41)32-17-9-4-10-18-32)29-21-23-37-34(25-29)33-19-11-12-20-36(33)44(37)31-15-7-3-8-16-31;1-14-12-8-4-2-6-10(12)11-7-3-5-9-13(11)14/h2-26H,27H2,1H3;2-9H,1H3. The summed E-state index contributed by atoms with van der Waals surface area (Å²) in [5, 5.41) is 7.56. The molecule has 1 aliphatic rings. The Morgan fingerprint density at radius 2 is 0.814 bits per heavy atom. The molecule has 3 aromatic heterocycles. The number of nitrogens with zero attached hydrogens (tertiary/aromatic N) is 5. The molecule has 5 heteroatoms. The Hall–Kier alpha value is -7.63. The van der Waals surface area contributed by atoms with Gasteiger partial charge in [-0.3, -0.25) is 4.57 Å². The molecule has 0 spiro atoms. The third-order valence-corrected chi connectivity index (χ3v) is 11.9. The lowest BCUT2D eigenvalue weighted by atomic mass is 10.00. The molecule has 12 rings (SSSR count). The first-order valence-corrected chi connectivity index (χ1v) is 20.2. The maximum atomic E-state index is 5.14. The third-order valence-electron chi connectivity index (χ3n) is 11.9. The van der Waals surface area contributed by atoms with E-state index in [0.717, 1.165) is 16.7 Å². The second-order valence-corrected chi connectivity index (χ2v) is 15.3. The Balaban J connectivity index is 0.000000238. The molecule has 0 aliphatic carbocycles. The number of fused-ring (bicyclic) bond motifs is 9. The summed E-state index contributed by atoms with van der Waals surface area (Å²) in [4.78, 5) is 7.41. The highest BCUT2D eigenvalue weighted by atomic mass is 15.2. The fourth-order valence-electron chi connectivity index (χ4n) is 9.20. The first-order chi connectivity index (χ1) is 29.1. The Morgan fingerprint density at radius 3 is 1.41 bits per heavy atom. The number of hydrogen-bond donors (Lipinski definition) is 0. The van der Waals surface area contributed by atoms with Gasteiger partial charge in [-0.15, -0.1) is 0 Å². The molecule has 0 saturated heterocycles. The molecule has 0 bridgehead atoms. The molecular formula is C54H41N5. The zero-order valence-electron chi connectivity index (χ0n) is 33.0. The minimum Gasteiger partial charge on any atom is -0.354 e. The largest absolute Gasteiger partial charge is 0.354 e. The molecule has 0 amide bonds. The van der Waals surface area contributed by atoms with Crippen LogP contribution in [0.4, 0.5) is 0 Å². The van der Waals surface area contributed by atoms with Crippen LogP contribution in [0.3, 0.4) is 0 Å². The van der Waals surface area contributed by atoms with Crippen molar-refractivity contribution in [1.82, 2.24) is 18.6 Å². The molecule has 4 heterocycles. The Morgan fingerprint density at radius 1 is 0.373 bits per heavy atom.